The summed E-state index contributed by atoms with van der Waals surface area (Å²) in [5.74, 6) is 0.131. The maximum atomic E-state index is 11.4. The highest BCUT2D eigenvalue weighted by atomic mass is 16.5. The second-order valence-corrected chi connectivity index (χ2v) is 3.33. The Balaban J connectivity index is 2.92. The molecule has 0 aliphatic heterocycles. The second kappa shape index (κ2) is 6.00. The number of nitrogens with one attached hydrogen (secondary N) is 1. The van der Waals surface area contributed by atoms with Crippen molar-refractivity contribution in [3.05, 3.63) is 23.8 Å². The first-order valence-corrected chi connectivity index (χ1v) is 5.23. The standard InChI is InChI=1S/C12H17NO3/c1-4-7-13-9-5-6-10(12(14)16-3)11(8-9)15-2/h5-6,8,13H,4,7H2,1-3H3. The predicted molar refractivity (Wildman–Crippen MR) is 63.1 cm³/mol. The van der Waals surface area contributed by atoms with Crippen molar-refractivity contribution in [1.82, 2.24) is 0 Å². The molecule has 0 saturated carbocycles. The molecule has 1 N–H and O–H groups in total. The van der Waals surface area contributed by atoms with Crippen LogP contribution in [0.4, 0.5) is 5.69 Å². The van der Waals surface area contributed by atoms with Gasteiger partial charge in [0.1, 0.15) is 11.3 Å². The molecule has 4 nitrogen and oxygen atoms in total. The summed E-state index contributed by atoms with van der Waals surface area (Å²) in [4.78, 5) is 11.4. The Bertz CT molecular complexity index is 363. The molecule has 0 bridgehead atoms. The molecular weight excluding hydrogens is 206 g/mol. The average Bonchev–Trinajstić information content (AvgIpc) is 2.34. The van der Waals surface area contributed by atoms with Crippen LogP contribution in [-0.4, -0.2) is 26.7 Å². The molecular formula is C12H17NO3. The summed E-state index contributed by atoms with van der Waals surface area (Å²) in [5.41, 5.74) is 1.37. The van der Waals surface area contributed by atoms with Crippen molar-refractivity contribution in [2.75, 3.05) is 26.1 Å². The molecule has 4 heteroatoms. The quantitative estimate of drug-likeness (QED) is 0.778. The van der Waals surface area contributed by atoms with E-state index in [1.54, 1.807) is 12.1 Å². The third kappa shape index (κ3) is 2.89. The molecule has 0 aliphatic rings. The fourth-order valence-electron chi connectivity index (χ4n) is 1.35. The largest absolute Gasteiger partial charge is 0.496 e. The van der Waals surface area contributed by atoms with Gasteiger partial charge in [0.2, 0.25) is 0 Å². The number of methoxy groups -OCH3 is 2. The first kappa shape index (κ1) is 12.4. The highest BCUT2D eigenvalue weighted by molar-refractivity contribution is 5.93. The van der Waals surface area contributed by atoms with Crippen LogP contribution in [0, 0.1) is 0 Å². The molecule has 16 heavy (non-hydrogen) atoms. The van der Waals surface area contributed by atoms with E-state index in [1.807, 2.05) is 6.07 Å². The van der Waals surface area contributed by atoms with Crippen molar-refractivity contribution >= 4 is 11.7 Å². The molecule has 0 amide bonds. The van der Waals surface area contributed by atoms with Gasteiger partial charge in [-0.05, 0) is 18.6 Å². The summed E-state index contributed by atoms with van der Waals surface area (Å²) in [6.45, 7) is 2.98. The zero-order chi connectivity index (χ0) is 12.0. The van der Waals surface area contributed by atoms with Crippen molar-refractivity contribution in [3.8, 4) is 5.75 Å². The predicted octanol–water partition coefficient (Wildman–Crippen LogP) is 2.30. The molecule has 0 radical (unpaired) electrons. The van der Waals surface area contributed by atoms with Crippen LogP contribution in [0.5, 0.6) is 5.75 Å². The van der Waals surface area contributed by atoms with E-state index >= 15 is 0 Å². The van der Waals surface area contributed by atoms with Crippen LogP contribution >= 0.6 is 0 Å². The van der Waals surface area contributed by atoms with Gasteiger partial charge in [-0.1, -0.05) is 6.92 Å². The van der Waals surface area contributed by atoms with E-state index in [1.165, 1.54) is 14.2 Å². The maximum absolute atomic E-state index is 11.4. The highest BCUT2D eigenvalue weighted by Gasteiger charge is 2.12. The van der Waals surface area contributed by atoms with Crippen LogP contribution in [0.15, 0.2) is 18.2 Å². The number of benzene rings is 1. The molecule has 0 heterocycles. The number of hydrogen-bond donors (Lipinski definition) is 1. The third-order valence-corrected chi connectivity index (χ3v) is 2.19. The van der Waals surface area contributed by atoms with Crippen LogP contribution in [0.2, 0.25) is 0 Å². The monoisotopic (exact) mass is 223 g/mol. The van der Waals surface area contributed by atoms with Crippen LogP contribution in [0.1, 0.15) is 23.7 Å². The van der Waals surface area contributed by atoms with Crippen molar-refractivity contribution < 1.29 is 14.3 Å². The van der Waals surface area contributed by atoms with Gasteiger partial charge in [-0.3, -0.25) is 0 Å². The fraction of sp³-hybridized carbons (Fsp3) is 0.417. The van der Waals surface area contributed by atoms with Crippen molar-refractivity contribution in [2.24, 2.45) is 0 Å². The lowest BCUT2D eigenvalue weighted by Crippen LogP contribution is -2.05. The van der Waals surface area contributed by atoms with E-state index in [4.69, 9.17) is 4.74 Å². The van der Waals surface area contributed by atoms with Gasteiger partial charge in [0.25, 0.3) is 0 Å². The molecule has 0 unspecified atom stereocenters. The average molecular weight is 223 g/mol. The first-order chi connectivity index (χ1) is 7.72. The van der Waals surface area contributed by atoms with E-state index in [0.717, 1.165) is 18.7 Å². The number of hydrogen-bond acceptors (Lipinski definition) is 4. The summed E-state index contributed by atoms with van der Waals surface area (Å²) in [5, 5.41) is 3.22. The summed E-state index contributed by atoms with van der Waals surface area (Å²) in [7, 11) is 2.89. The normalized spacial score (nSPS) is 9.69. The van der Waals surface area contributed by atoms with Gasteiger partial charge in [-0.2, -0.15) is 0 Å². The van der Waals surface area contributed by atoms with Crippen molar-refractivity contribution in [2.45, 2.75) is 13.3 Å². The van der Waals surface area contributed by atoms with Crippen LogP contribution in [0.25, 0.3) is 0 Å². The topological polar surface area (TPSA) is 47.6 Å². The smallest absolute Gasteiger partial charge is 0.341 e. The Hall–Kier alpha value is -1.71. The molecule has 1 aromatic carbocycles. The zero-order valence-electron chi connectivity index (χ0n) is 9.87. The van der Waals surface area contributed by atoms with Gasteiger partial charge in [0.15, 0.2) is 0 Å². The van der Waals surface area contributed by atoms with E-state index in [2.05, 4.69) is 17.0 Å². The lowest BCUT2D eigenvalue weighted by atomic mass is 10.2. The molecule has 0 spiro atoms. The van der Waals surface area contributed by atoms with E-state index in [-0.39, 0.29) is 5.97 Å². The molecule has 0 aliphatic carbocycles. The van der Waals surface area contributed by atoms with Gasteiger partial charge < -0.3 is 14.8 Å². The van der Waals surface area contributed by atoms with Crippen LogP contribution < -0.4 is 10.1 Å². The SMILES string of the molecule is CCCNc1ccc(C(=O)OC)c(OC)c1. The van der Waals surface area contributed by atoms with Gasteiger partial charge in [-0.15, -0.1) is 0 Å². The molecule has 1 aromatic rings. The lowest BCUT2D eigenvalue weighted by molar-refractivity contribution is 0.0597. The Morgan fingerprint density at radius 2 is 2.12 bits per heavy atom. The molecule has 0 fully saturated rings. The summed E-state index contributed by atoms with van der Waals surface area (Å²) >= 11 is 0. The van der Waals surface area contributed by atoms with Crippen LogP contribution in [-0.2, 0) is 4.74 Å². The number of rotatable bonds is 5. The Labute approximate surface area is 95.6 Å². The summed E-state index contributed by atoms with van der Waals surface area (Å²) in [6.07, 6.45) is 1.04. The summed E-state index contributed by atoms with van der Waals surface area (Å²) < 4.78 is 9.81. The highest BCUT2D eigenvalue weighted by Crippen LogP contribution is 2.23. The fourth-order valence-corrected chi connectivity index (χ4v) is 1.35. The first-order valence-electron chi connectivity index (χ1n) is 5.23. The number of anilines is 1. The van der Waals surface area contributed by atoms with Gasteiger partial charge in [-0.25, -0.2) is 4.79 Å². The second-order valence-electron chi connectivity index (χ2n) is 3.33. The Morgan fingerprint density at radius 1 is 1.38 bits per heavy atom. The summed E-state index contributed by atoms with van der Waals surface area (Å²) in [6, 6.07) is 5.33. The Kier molecular flexibility index (Phi) is 4.64. The van der Waals surface area contributed by atoms with E-state index < -0.39 is 0 Å². The number of esters is 1. The molecule has 88 valence electrons. The van der Waals surface area contributed by atoms with Crippen molar-refractivity contribution in [1.29, 1.82) is 0 Å². The van der Waals surface area contributed by atoms with Crippen molar-refractivity contribution in [3.63, 3.8) is 0 Å². The number of carbonyl (C=O) groups is 1. The third-order valence-electron chi connectivity index (χ3n) is 2.19. The van der Waals surface area contributed by atoms with Gasteiger partial charge in [0, 0.05) is 18.3 Å². The lowest BCUT2D eigenvalue weighted by Gasteiger charge is -2.10. The number of carbonyl (C=O) groups excluding carboxylic acids is 1. The minimum absolute atomic E-state index is 0.390. The minimum atomic E-state index is -0.390. The minimum Gasteiger partial charge on any atom is -0.496 e. The maximum Gasteiger partial charge on any atom is 0.341 e. The number of ether oxygens (including phenoxy) is 2. The Morgan fingerprint density at radius 3 is 2.69 bits per heavy atom. The van der Waals surface area contributed by atoms with E-state index in [0.29, 0.717) is 11.3 Å². The van der Waals surface area contributed by atoms with Gasteiger partial charge >= 0.3 is 5.97 Å². The molecule has 0 saturated heterocycles. The zero-order valence-corrected chi connectivity index (χ0v) is 9.87. The molecule has 0 aromatic heterocycles. The van der Waals surface area contributed by atoms with Crippen LogP contribution in [0.3, 0.4) is 0 Å². The van der Waals surface area contributed by atoms with E-state index in [9.17, 15) is 4.79 Å². The molecule has 0 atom stereocenters. The van der Waals surface area contributed by atoms with Gasteiger partial charge in [0.05, 0.1) is 14.2 Å². The molecule has 1 rings (SSSR count).